The molecular weight excluding hydrogens is 220 g/mol. The summed E-state index contributed by atoms with van der Waals surface area (Å²) >= 11 is 0. The van der Waals surface area contributed by atoms with E-state index in [1.165, 1.54) is 11.1 Å². The van der Waals surface area contributed by atoms with Crippen LogP contribution in [-0.4, -0.2) is 9.97 Å². The van der Waals surface area contributed by atoms with Crippen molar-refractivity contribution in [3.63, 3.8) is 0 Å². The number of hydrogen-bond acceptors (Lipinski definition) is 2. The maximum atomic E-state index is 4.75. The Labute approximate surface area is 109 Å². The fourth-order valence-corrected chi connectivity index (χ4v) is 1.93. The zero-order valence-electron chi connectivity index (χ0n) is 11.5. The van der Waals surface area contributed by atoms with Gasteiger partial charge in [0.1, 0.15) is 5.82 Å². The van der Waals surface area contributed by atoms with E-state index in [4.69, 9.17) is 4.98 Å². The fourth-order valence-electron chi connectivity index (χ4n) is 1.93. The number of hydrogen-bond donors (Lipinski definition) is 0. The predicted molar refractivity (Wildman–Crippen MR) is 75.6 cm³/mol. The highest BCUT2D eigenvalue weighted by Gasteiger charge is 2.13. The van der Waals surface area contributed by atoms with Gasteiger partial charge in [-0.1, -0.05) is 58.0 Å². The minimum Gasteiger partial charge on any atom is -0.241 e. The largest absolute Gasteiger partial charge is 0.241 e. The zero-order valence-corrected chi connectivity index (χ0v) is 11.5. The Morgan fingerprint density at radius 1 is 0.889 bits per heavy atom. The lowest BCUT2D eigenvalue weighted by molar-refractivity contribution is 0.757. The molecule has 0 amide bonds. The van der Waals surface area contributed by atoms with E-state index in [9.17, 15) is 0 Å². The summed E-state index contributed by atoms with van der Waals surface area (Å²) in [5.41, 5.74) is 3.46. The summed E-state index contributed by atoms with van der Waals surface area (Å²) in [5.74, 6) is 1.70. The molecule has 1 aromatic heterocycles. The lowest BCUT2D eigenvalue weighted by Gasteiger charge is -2.14. The molecule has 2 rings (SSSR count). The van der Waals surface area contributed by atoms with Gasteiger partial charge in [-0.05, 0) is 11.5 Å². The van der Waals surface area contributed by atoms with Crippen LogP contribution in [0.2, 0.25) is 0 Å². The van der Waals surface area contributed by atoms with Crippen LogP contribution in [0.5, 0.6) is 0 Å². The molecule has 94 valence electrons. The molecule has 0 bridgehead atoms. The summed E-state index contributed by atoms with van der Waals surface area (Å²) in [6, 6.07) is 10.4. The molecule has 1 aromatic carbocycles. The highest BCUT2D eigenvalue weighted by Crippen LogP contribution is 2.27. The van der Waals surface area contributed by atoms with Gasteiger partial charge in [0, 0.05) is 17.7 Å². The standard InChI is InChI=1S/C16H20N2/c1-11(2)14-10-17-16(12(3)4)18-15(14)13-8-6-5-7-9-13/h5-12H,1-4H3. The van der Waals surface area contributed by atoms with Gasteiger partial charge < -0.3 is 0 Å². The summed E-state index contributed by atoms with van der Waals surface area (Å²) in [6.45, 7) is 8.61. The second-order valence-corrected chi connectivity index (χ2v) is 5.21. The number of benzene rings is 1. The molecule has 0 spiro atoms. The van der Waals surface area contributed by atoms with E-state index in [-0.39, 0.29) is 0 Å². The Kier molecular flexibility index (Phi) is 3.75. The van der Waals surface area contributed by atoms with E-state index in [0.29, 0.717) is 11.8 Å². The Morgan fingerprint density at radius 2 is 1.56 bits per heavy atom. The molecular formula is C16H20N2. The van der Waals surface area contributed by atoms with E-state index in [2.05, 4.69) is 56.9 Å². The lowest BCUT2D eigenvalue weighted by atomic mass is 9.98. The van der Waals surface area contributed by atoms with Crippen LogP contribution >= 0.6 is 0 Å². The van der Waals surface area contributed by atoms with Crippen molar-refractivity contribution in [1.29, 1.82) is 0 Å². The second-order valence-electron chi connectivity index (χ2n) is 5.21. The quantitative estimate of drug-likeness (QED) is 0.795. The van der Waals surface area contributed by atoms with Crippen LogP contribution in [0.4, 0.5) is 0 Å². The van der Waals surface area contributed by atoms with E-state index in [1.807, 2.05) is 12.3 Å². The third-order valence-electron chi connectivity index (χ3n) is 3.02. The summed E-state index contributed by atoms with van der Waals surface area (Å²) in [4.78, 5) is 9.23. The Hall–Kier alpha value is -1.70. The van der Waals surface area contributed by atoms with Gasteiger partial charge in [0.15, 0.2) is 0 Å². The van der Waals surface area contributed by atoms with E-state index >= 15 is 0 Å². The summed E-state index contributed by atoms with van der Waals surface area (Å²) in [6.07, 6.45) is 1.98. The van der Waals surface area contributed by atoms with Gasteiger partial charge in [0.2, 0.25) is 0 Å². The molecule has 0 fully saturated rings. The monoisotopic (exact) mass is 240 g/mol. The van der Waals surface area contributed by atoms with Gasteiger partial charge in [0.25, 0.3) is 0 Å². The van der Waals surface area contributed by atoms with E-state index < -0.39 is 0 Å². The first-order valence-corrected chi connectivity index (χ1v) is 6.52. The zero-order chi connectivity index (χ0) is 13.1. The molecule has 0 unspecified atom stereocenters. The van der Waals surface area contributed by atoms with Crippen molar-refractivity contribution >= 4 is 0 Å². The molecule has 0 radical (unpaired) electrons. The number of rotatable bonds is 3. The van der Waals surface area contributed by atoms with Crippen LogP contribution in [0.3, 0.4) is 0 Å². The van der Waals surface area contributed by atoms with Gasteiger partial charge in [-0.2, -0.15) is 0 Å². The molecule has 2 heteroatoms. The van der Waals surface area contributed by atoms with Crippen LogP contribution in [-0.2, 0) is 0 Å². The molecule has 1 heterocycles. The Bertz CT molecular complexity index is 516. The van der Waals surface area contributed by atoms with Gasteiger partial charge in [-0.15, -0.1) is 0 Å². The van der Waals surface area contributed by atoms with Crippen LogP contribution < -0.4 is 0 Å². The summed E-state index contributed by atoms with van der Waals surface area (Å²) in [7, 11) is 0. The second kappa shape index (κ2) is 5.30. The minimum atomic E-state index is 0.355. The maximum absolute atomic E-state index is 4.75. The van der Waals surface area contributed by atoms with Crippen LogP contribution in [0.1, 0.15) is 50.9 Å². The predicted octanol–water partition coefficient (Wildman–Crippen LogP) is 4.39. The first kappa shape index (κ1) is 12.7. The highest BCUT2D eigenvalue weighted by molar-refractivity contribution is 5.63. The lowest BCUT2D eigenvalue weighted by Crippen LogP contribution is -2.03. The van der Waals surface area contributed by atoms with Crippen molar-refractivity contribution < 1.29 is 0 Å². The van der Waals surface area contributed by atoms with Crippen molar-refractivity contribution in [2.24, 2.45) is 0 Å². The molecule has 0 aliphatic rings. The van der Waals surface area contributed by atoms with Crippen molar-refractivity contribution in [3.05, 3.63) is 47.9 Å². The average Bonchev–Trinajstić information content (AvgIpc) is 2.39. The van der Waals surface area contributed by atoms with Crippen molar-refractivity contribution in [1.82, 2.24) is 9.97 Å². The average molecular weight is 240 g/mol. The normalized spacial score (nSPS) is 11.2. The summed E-state index contributed by atoms with van der Waals surface area (Å²) in [5, 5.41) is 0. The van der Waals surface area contributed by atoms with Crippen LogP contribution in [0.25, 0.3) is 11.3 Å². The smallest absolute Gasteiger partial charge is 0.131 e. The van der Waals surface area contributed by atoms with E-state index in [1.54, 1.807) is 0 Å². The third-order valence-corrected chi connectivity index (χ3v) is 3.02. The summed E-state index contributed by atoms with van der Waals surface area (Å²) < 4.78 is 0. The third kappa shape index (κ3) is 2.58. The number of aromatic nitrogens is 2. The topological polar surface area (TPSA) is 25.8 Å². The molecule has 0 N–H and O–H groups in total. The number of nitrogens with zero attached hydrogens (tertiary/aromatic N) is 2. The molecule has 2 nitrogen and oxygen atoms in total. The maximum Gasteiger partial charge on any atom is 0.131 e. The molecule has 0 saturated heterocycles. The van der Waals surface area contributed by atoms with Gasteiger partial charge >= 0.3 is 0 Å². The van der Waals surface area contributed by atoms with Crippen LogP contribution in [0, 0.1) is 0 Å². The molecule has 18 heavy (non-hydrogen) atoms. The SMILES string of the molecule is CC(C)c1ncc(C(C)C)c(-c2ccccc2)n1. The first-order chi connectivity index (χ1) is 8.59. The molecule has 0 atom stereocenters. The van der Waals surface area contributed by atoms with Gasteiger partial charge in [0.05, 0.1) is 5.69 Å². The fraction of sp³-hybridized carbons (Fsp3) is 0.375. The molecule has 0 aliphatic heterocycles. The van der Waals surface area contributed by atoms with Crippen molar-refractivity contribution in [2.45, 2.75) is 39.5 Å². The van der Waals surface area contributed by atoms with Crippen molar-refractivity contribution in [2.75, 3.05) is 0 Å². The van der Waals surface area contributed by atoms with Crippen molar-refractivity contribution in [3.8, 4) is 11.3 Å². The highest BCUT2D eigenvalue weighted by atomic mass is 14.9. The first-order valence-electron chi connectivity index (χ1n) is 6.52. The molecule has 2 aromatic rings. The Morgan fingerprint density at radius 3 is 2.11 bits per heavy atom. The van der Waals surface area contributed by atoms with E-state index in [0.717, 1.165) is 11.5 Å². The molecule has 0 saturated carbocycles. The minimum absolute atomic E-state index is 0.355. The Balaban J connectivity index is 2.58. The molecule has 0 aliphatic carbocycles. The van der Waals surface area contributed by atoms with Gasteiger partial charge in [-0.25, -0.2) is 9.97 Å². The van der Waals surface area contributed by atoms with Gasteiger partial charge in [-0.3, -0.25) is 0 Å². The van der Waals surface area contributed by atoms with Crippen LogP contribution in [0.15, 0.2) is 36.5 Å².